The molecule has 9 aromatic rings. The van der Waals surface area contributed by atoms with Crippen molar-refractivity contribution in [3.05, 3.63) is 229 Å². The fraction of sp³-hybridized carbons (Fsp3) is 0.0545. The lowest BCUT2D eigenvalue weighted by atomic mass is 9.95. The van der Waals surface area contributed by atoms with Crippen LogP contribution in [0.5, 0.6) is 0 Å². The highest BCUT2D eigenvalue weighted by Crippen LogP contribution is 2.42. The van der Waals surface area contributed by atoms with Gasteiger partial charge in [-0.15, -0.1) is 0 Å². The van der Waals surface area contributed by atoms with Gasteiger partial charge >= 0.3 is 0 Å². The summed E-state index contributed by atoms with van der Waals surface area (Å²) in [6.45, 7) is 0. The summed E-state index contributed by atoms with van der Waals surface area (Å²) in [5.41, 5.74) is 12.6. The van der Waals surface area contributed by atoms with E-state index in [-0.39, 0.29) is 6.17 Å². The van der Waals surface area contributed by atoms with E-state index in [2.05, 4.69) is 180 Å². The third kappa shape index (κ3) is 6.66. The summed E-state index contributed by atoms with van der Waals surface area (Å²) >= 11 is 0. The van der Waals surface area contributed by atoms with E-state index in [1.54, 1.807) is 0 Å². The molecule has 1 aromatic heterocycles. The smallest absolute Gasteiger partial charge is 0.159 e. The Balaban J connectivity index is 1.06. The summed E-state index contributed by atoms with van der Waals surface area (Å²) in [6.07, 6.45) is 8.46. The van der Waals surface area contributed by atoms with Crippen LogP contribution >= 0.6 is 0 Å². The standard InChI is InChI=1S/C55H40N4O/c1-5-15-37(16-6-1)38-25-29-46(30-26-38)59(45-23-11-4-12-24-45)47-31-27-39(28-32-47)48-34-44(36-51-52(48)49-33-42-21-13-14-22-43(42)35-50(49)60-51)55-57-53(40-17-7-2-8-18-40)56-54(58-55)41-19-9-3-10-20-41/h1-5,7-15,17-36,53H,6,16H2,(H,56,57,58). The molecule has 5 nitrogen and oxygen atoms in total. The van der Waals surface area contributed by atoms with Gasteiger partial charge in [0.15, 0.2) is 5.84 Å². The van der Waals surface area contributed by atoms with Gasteiger partial charge in [-0.05, 0) is 112 Å². The summed E-state index contributed by atoms with van der Waals surface area (Å²) in [7, 11) is 0. The Morgan fingerprint density at radius 3 is 1.88 bits per heavy atom. The molecule has 1 N–H and O–H groups in total. The largest absolute Gasteiger partial charge is 0.456 e. The average Bonchev–Trinajstić information content (AvgIpc) is 3.69. The first kappa shape index (κ1) is 35.4. The highest BCUT2D eigenvalue weighted by Gasteiger charge is 2.24. The second-order valence-electron chi connectivity index (χ2n) is 15.4. The SMILES string of the molecule is C1=CCCC(c2ccc(N(c3ccccc3)c3ccc(-c4cc(C5=NC(c6ccccc6)NC(c6ccccc6)=N5)cc5oc6cc7ccccc7cc6c45)cc3)cc2)=C1. The first-order valence-corrected chi connectivity index (χ1v) is 20.6. The number of fused-ring (bicyclic) bond motifs is 4. The van der Waals surface area contributed by atoms with E-state index < -0.39 is 0 Å². The Labute approximate surface area is 349 Å². The molecule has 1 aliphatic heterocycles. The lowest BCUT2D eigenvalue weighted by molar-refractivity contribution is 0.668. The molecule has 1 atom stereocenters. The number of hydrogen-bond acceptors (Lipinski definition) is 5. The van der Waals surface area contributed by atoms with Crippen molar-refractivity contribution >= 4 is 67.0 Å². The molecule has 5 heteroatoms. The van der Waals surface area contributed by atoms with E-state index in [0.717, 1.165) is 90.9 Å². The normalized spacial score (nSPS) is 15.1. The molecule has 60 heavy (non-hydrogen) atoms. The van der Waals surface area contributed by atoms with Crippen LogP contribution in [0.1, 0.15) is 41.3 Å². The Morgan fingerprint density at radius 1 is 0.550 bits per heavy atom. The van der Waals surface area contributed by atoms with Gasteiger partial charge in [-0.25, -0.2) is 9.98 Å². The van der Waals surface area contributed by atoms with Crippen LogP contribution in [0.2, 0.25) is 0 Å². The van der Waals surface area contributed by atoms with Crippen molar-refractivity contribution < 1.29 is 4.42 Å². The second-order valence-corrected chi connectivity index (χ2v) is 15.4. The number of amidine groups is 2. The van der Waals surface area contributed by atoms with Gasteiger partial charge in [0.25, 0.3) is 0 Å². The minimum Gasteiger partial charge on any atom is -0.456 e. The van der Waals surface area contributed by atoms with Crippen molar-refractivity contribution in [2.24, 2.45) is 9.98 Å². The molecule has 0 fully saturated rings. The lowest BCUT2D eigenvalue weighted by Crippen LogP contribution is -2.33. The zero-order chi connectivity index (χ0) is 39.8. The van der Waals surface area contributed by atoms with Gasteiger partial charge < -0.3 is 14.6 Å². The van der Waals surface area contributed by atoms with Gasteiger partial charge in [0.2, 0.25) is 0 Å². The van der Waals surface area contributed by atoms with Crippen LogP contribution in [0.15, 0.2) is 221 Å². The number of furan rings is 1. The monoisotopic (exact) mass is 772 g/mol. The van der Waals surface area contributed by atoms with Gasteiger partial charge in [-0.1, -0.05) is 146 Å². The van der Waals surface area contributed by atoms with Crippen molar-refractivity contribution in [1.82, 2.24) is 5.32 Å². The van der Waals surface area contributed by atoms with E-state index in [1.165, 1.54) is 16.5 Å². The third-order valence-corrected chi connectivity index (χ3v) is 11.6. The van der Waals surface area contributed by atoms with Gasteiger partial charge in [0.05, 0.1) is 0 Å². The molecule has 1 aliphatic carbocycles. The van der Waals surface area contributed by atoms with Gasteiger partial charge in [0.1, 0.15) is 23.2 Å². The zero-order valence-electron chi connectivity index (χ0n) is 32.9. The Bertz CT molecular complexity index is 3140. The highest BCUT2D eigenvalue weighted by atomic mass is 16.3. The topological polar surface area (TPSA) is 53.1 Å². The van der Waals surface area contributed by atoms with Gasteiger partial charge in [-0.2, -0.15) is 0 Å². The van der Waals surface area contributed by atoms with E-state index in [9.17, 15) is 0 Å². The molecule has 0 spiro atoms. The number of allylic oxidation sites excluding steroid dienone is 4. The van der Waals surface area contributed by atoms with Crippen LogP contribution < -0.4 is 10.2 Å². The number of anilines is 3. The minimum atomic E-state index is -0.317. The maximum absolute atomic E-state index is 6.77. The van der Waals surface area contributed by atoms with Crippen LogP contribution in [0, 0.1) is 0 Å². The Morgan fingerprint density at radius 2 is 1.18 bits per heavy atom. The Kier molecular flexibility index (Phi) is 8.97. The van der Waals surface area contributed by atoms with Crippen molar-refractivity contribution in [2.45, 2.75) is 19.0 Å². The fourth-order valence-corrected chi connectivity index (χ4v) is 8.56. The summed E-state index contributed by atoms with van der Waals surface area (Å²) in [6, 6.07) is 66.3. The molecule has 8 aromatic carbocycles. The number of rotatable bonds is 8. The molecule has 0 amide bonds. The van der Waals surface area contributed by atoms with Crippen LogP contribution in [-0.2, 0) is 0 Å². The average molecular weight is 773 g/mol. The molecule has 2 heterocycles. The fourth-order valence-electron chi connectivity index (χ4n) is 8.56. The van der Waals surface area contributed by atoms with Crippen LogP contribution in [0.25, 0.3) is 49.4 Å². The van der Waals surface area contributed by atoms with E-state index in [0.29, 0.717) is 5.84 Å². The second kappa shape index (κ2) is 15.2. The molecule has 0 bridgehead atoms. The first-order valence-electron chi connectivity index (χ1n) is 20.6. The van der Waals surface area contributed by atoms with Crippen molar-refractivity contribution in [2.75, 3.05) is 4.90 Å². The number of nitrogens with zero attached hydrogens (tertiary/aromatic N) is 3. The minimum absolute atomic E-state index is 0.317. The Hall–Kier alpha value is -7.76. The molecular weight excluding hydrogens is 733 g/mol. The number of hydrogen-bond donors (Lipinski definition) is 1. The maximum Gasteiger partial charge on any atom is 0.159 e. The van der Waals surface area contributed by atoms with Gasteiger partial charge in [0, 0.05) is 39.0 Å². The summed E-state index contributed by atoms with van der Waals surface area (Å²) in [5.74, 6) is 1.42. The molecule has 1 unspecified atom stereocenters. The van der Waals surface area contributed by atoms with Crippen molar-refractivity contribution in [3.63, 3.8) is 0 Å². The number of para-hydroxylation sites is 1. The predicted molar refractivity (Wildman–Crippen MR) is 250 cm³/mol. The van der Waals surface area contributed by atoms with Crippen molar-refractivity contribution in [1.29, 1.82) is 0 Å². The van der Waals surface area contributed by atoms with Gasteiger partial charge in [-0.3, -0.25) is 0 Å². The summed E-state index contributed by atoms with van der Waals surface area (Å²) in [4.78, 5) is 12.7. The molecule has 0 radical (unpaired) electrons. The lowest BCUT2D eigenvalue weighted by Gasteiger charge is -2.26. The molecule has 0 saturated heterocycles. The summed E-state index contributed by atoms with van der Waals surface area (Å²) in [5, 5.41) is 8.05. The first-order chi connectivity index (χ1) is 29.7. The van der Waals surface area contributed by atoms with Crippen LogP contribution in [-0.4, -0.2) is 11.7 Å². The number of benzene rings is 8. The van der Waals surface area contributed by atoms with E-state index in [4.69, 9.17) is 14.4 Å². The van der Waals surface area contributed by atoms with Crippen LogP contribution in [0.4, 0.5) is 17.1 Å². The number of aliphatic imine (C=N–C) groups is 2. The molecule has 11 rings (SSSR count). The highest BCUT2D eigenvalue weighted by molar-refractivity contribution is 6.19. The van der Waals surface area contributed by atoms with Crippen LogP contribution in [0.3, 0.4) is 0 Å². The van der Waals surface area contributed by atoms with E-state index in [1.807, 2.05) is 36.4 Å². The predicted octanol–water partition coefficient (Wildman–Crippen LogP) is 14.1. The zero-order valence-corrected chi connectivity index (χ0v) is 32.9. The third-order valence-electron chi connectivity index (χ3n) is 11.6. The van der Waals surface area contributed by atoms with E-state index >= 15 is 0 Å². The molecular formula is C55H40N4O. The quantitative estimate of drug-likeness (QED) is 0.167. The molecule has 286 valence electrons. The number of nitrogens with one attached hydrogen (secondary N) is 1. The maximum atomic E-state index is 6.77. The van der Waals surface area contributed by atoms with Crippen molar-refractivity contribution in [3.8, 4) is 11.1 Å². The molecule has 0 saturated carbocycles. The summed E-state index contributed by atoms with van der Waals surface area (Å²) < 4.78 is 6.77. The molecule has 2 aliphatic rings.